The fourth-order valence-electron chi connectivity index (χ4n) is 0. The summed E-state index contributed by atoms with van der Waals surface area (Å²) in [5.41, 5.74) is 0. The van der Waals surface area contributed by atoms with Crippen molar-refractivity contribution in [3.63, 3.8) is 0 Å². The van der Waals surface area contributed by atoms with Crippen molar-refractivity contribution in [3.05, 3.63) is 0 Å². The Balaban J connectivity index is -0.0000000105. The molecule has 0 aromatic rings. The van der Waals surface area contributed by atoms with Gasteiger partial charge in [0.2, 0.25) is 0 Å². The molecular weight excluding hydrogens is 118 g/mol. The minimum Gasteiger partial charge on any atom is -0.412 e. The molecule has 0 saturated carbocycles. The largest absolute Gasteiger partial charge is 0.412 e. The Hall–Kier alpha value is -0.280. The van der Waals surface area contributed by atoms with Gasteiger partial charge in [-0.3, -0.25) is 0 Å². The lowest BCUT2D eigenvalue weighted by Gasteiger charge is -1.21. The van der Waals surface area contributed by atoms with Gasteiger partial charge in [0, 0.05) is 7.11 Å². The van der Waals surface area contributed by atoms with E-state index in [1.165, 1.54) is 5.40 Å². The molecule has 5 N–H and O–H groups in total. The Morgan fingerprint density at radius 3 is 1.43 bits per heavy atom. The van der Waals surface area contributed by atoms with Crippen LogP contribution in [0.25, 0.3) is 0 Å². The molecule has 5 heteroatoms. The summed E-state index contributed by atoms with van der Waals surface area (Å²) in [4.78, 5) is 0. The number of hydrogen-bond acceptors (Lipinski definition) is 3. The number of nitrogens with zero attached hydrogens (tertiary/aromatic N) is 1. The van der Waals surface area contributed by atoms with Crippen molar-refractivity contribution < 1.29 is 16.1 Å². The first-order valence-corrected chi connectivity index (χ1v) is 1.34. The van der Waals surface area contributed by atoms with Gasteiger partial charge in [-0.15, -0.1) is 0 Å². The van der Waals surface area contributed by atoms with Gasteiger partial charge in [0.15, 0.2) is 0 Å². The van der Waals surface area contributed by atoms with Gasteiger partial charge in [0.05, 0.1) is 0 Å². The highest BCUT2D eigenvalue weighted by molar-refractivity contribution is 7.85. The SMILES string of the molecule is CO.N#CS.O.O. The molecule has 0 bridgehead atoms. The van der Waals surface area contributed by atoms with E-state index in [1.807, 2.05) is 0 Å². The molecule has 0 aliphatic rings. The third kappa shape index (κ3) is 1010. The van der Waals surface area contributed by atoms with E-state index in [-0.39, 0.29) is 11.0 Å². The summed E-state index contributed by atoms with van der Waals surface area (Å²) >= 11 is 3.09. The number of thiol groups is 1. The second-order valence-corrected chi connectivity index (χ2v) is 0.300. The average molecular weight is 127 g/mol. The summed E-state index contributed by atoms with van der Waals surface area (Å²) in [6.45, 7) is 0. The van der Waals surface area contributed by atoms with Crippen molar-refractivity contribution in [2.45, 2.75) is 0 Å². The molecule has 0 fully saturated rings. The smallest absolute Gasteiger partial charge is 0.130 e. The van der Waals surface area contributed by atoms with Crippen molar-refractivity contribution >= 4 is 12.6 Å². The standard InChI is InChI=1S/CHNS.CH4O.2H2O/c2-1-3;1-2;;/h3H;2H,1H3;2*1H2. The molecule has 0 rings (SSSR count). The van der Waals surface area contributed by atoms with E-state index in [4.69, 9.17) is 10.4 Å². The van der Waals surface area contributed by atoms with E-state index in [1.54, 1.807) is 0 Å². The Kier molecular flexibility index (Phi) is 1040. The zero-order chi connectivity index (χ0) is 4.71. The molecule has 0 aromatic heterocycles. The fraction of sp³-hybridized carbons (Fsp3) is 0.500. The maximum atomic E-state index is 7.18. The van der Waals surface area contributed by atoms with Crippen molar-refractivity contribution in [3.8, 4) is 5.40 Å². The van der Waals surface area contributed by atoms with Crippen LogP contribution < -0.4 is 0 Å². The van der Waals surface area contributed by atoms with E-state index in [2.05, 4.69) is 12.6 Å². The summed E-state index contributed by atoms with van der Waals surface area (Å²) in [5, 5.41) is 15.6. The number of aliphatic hydroxyl groups is 1. The van der Waals surface area contributed by atoms with Gasteiger partial charge in [-0.25, -0.2) is 0 Å². The highest BCUT2D eigenvalue weighted by Gasteiger charge is 1.18. The third-order valence-electron chi connectivity index (χ3n) is 0. The van der Waals surface area contributed by atoms with Crippen molar-refractivity contribution in [2.24, 2.45) is 0 Å². The summed E-state index contributed by atoms with van der Waals surface area (Å²) in [5.74, 6) is 0. The Morgan fingerprint density at radius 1 is 1.43 bits per heavy atom. The van der Waals surface area contributed by atoms with Gasteiger partial charge in [-0.2, -0.15) is 5.26 Å². The Labute approximate surface area is 47.4 Å². The molecule has 0 amide bonds. The molecule has 0 saturated heterocycles. The van der Waals surface area contributed by atoms with E-state index < -0.39 is 0 Å². The first kappa shape index (κ1) is 29.7. The molecule has 0 aromatic carbocycles. The van der Waals surface area contributed by atoms with Crippen LogP contribution >= 0.6 is 12.6 Å². The van der Waals surface area contributed by atoms with Crippen LogP contribution in [0.2, 0.25) is 0 Å². The van der Waals surface area contributed by atoms with Crippen LogP contribution in [-0.4, -0.2) is 23.2 Å². The molecule has 4 nitrogen and oxygen atoms in total. The van der Waals surface area contributed by atoms with Gasteiger partial charge in [0.25, 0.3) is 0 Å². The van der Waals surface area contributed by atoms with E-state index >= 15 is 0 Å². The molecule has 0 heterocycles. The predicted octanol–water partition coefficient (Wildman–Crippen LogP) is -1.64. The van der Waals surface area contributed by atoms with Crippen LogP contribution in [-0.2, 0) is 0 Å². The Bertz CT molecular complexity index is 34.4. The van der Waals surface area contributed by atoms with Crippen molar-refractivity contribution in [2.75, 3.05) is 7.11 Å². The van der Waals surface area contributed by atoms with E-state index in [0.29, 0.717) is 0 Å². The Morgan fingerprint density at radius 2 is 1.43 bits per heavy atom. The number of nitriles is 1. The van der Waals surface area contributed by atoms with E-state index in [9.17, 15) is 0 Å². The molecule has 0 atom stereocenters. The number of aliphatic hydroxyl groups excluding tert-OH is 1. The highest BCUT2D eigenvalue weighted by Crippen LogP contribution is 1.46. The van der Waals surface area contributed by atoms with Crippen LogP contribution in [0.3, 0.4) is 0 Å². The van der Waals surface area contributed by atoms with Gasteiger partial charge >= 0.3 is 0 Å². The third-order valence-corrected chi connectivity index (χ3v) is 0. The molecule has 0 aliphatic carbocycles. The maximum absolute atomic E-state index is 7.18. The fourth-order valence-corrected chi connectivity index (χ4v) is 0. The number of hydrogen-bond donors (Lipinski definition) is 2. The quantitative estimate of drug-likeness (QED) is 0.300. The van der Waals surface area contributed by atoms with Gasteiger partial charge in [0.1, 0.15) is 5.40 Å². The normalized spacial score (nSPS) is 2.00. The molecular formula is C2H9NO3S. The van der Waals surface area contributed by atoms with Gasteiger partial charge in [-0.05, 0) is 0 Å². The lowest BCUT2D eigenvalue weighted by molar-refractivity contribution is 0.399. The van der Waals surface area contributed by atoms with Gasteiger partial charge in [-0.1, -0.05) is 12.6 Å². The monoisotopic (exact) mass is 127 g/mol. The first-order valence-electron chi connectivity index (χ1n) is 0.894. The van der Waals surface area contributed by atoms with Gasteiger partial charge < -0.3 is 16.1 Å². The second kappa shape index (κ2) is 246. The summed E-state index contributed by atoms with van der Waals surface area (Å²) in [7, 11) is 1.00. The predicted molar refractivity (Wildman–Crippen MR) is 30.0 cm³/mol. The molecule has 0 radical (unpaired) electrons. The minimum atomic E-state index is 0. The first-order chi connectivity index (χ1) is 2.41. The van der Waals surface area contributed by atoms with Crippen LogP contribution in [0.5, 0.6) is 0 Å². The van der Waals surface area contributed by atoms with Crippen LogP contribution in [0, 0.1) is 10.7 Å². The van der Waals surface area contributed by atoms with Crippen LogP contribution in [0.15, 0.2) is 0 Å². The summed E-state index contributed by atoms with van der Waals surface area (Å²) < 4.78 is 0. The van der Waals surface area contributed by atoms with Crippen LogP contribution in [0.1, 0.15) is 0 Å². The van der Waals surface area contributed by atoms with Crippen LogP contribution in [0.4, 0.5) is 0 Å². The minimum absolute atomic E-state index is 0. The zero-order valence-electron chi connectivity index (χ0n) is 3.84. The lowest BCUT2D eigenvalue weighted by Crippen LogP contribution is -1.25. The molecule has 0 aliphatic heterocycles. The molecule has 7 heavy (non-hydrogen) atoms. The van der Waals surface area contributed by atoms with E-state index in [0.717, 1.165) is 7.11 Å². The number of thiocyanates is 1. The number of rotatable bonds is 0. The van der Waals surface area contributed by atoms with Crippen molar-refractivity contribution in [1.82, 2.24) is 0 Å². The summed E-state index contributed by atoms with van der Waals surface area (Å²) in [6.07, 6.45) is 0. The molecule has 0 unspecified atom stereocenters. The van der Waals surface area contributed by atoms with Crippen molar-refractivity contribution in [1.29, 1.82) is 5.26 Å². The zero-order valence-corrected chi connectivity index (χ0v) is 4.74. The molecule has 0 spiro atoms. The molecule has 46 valence electrons. The maximum Gasteiger partial charge on any atom is 0.130 e. The average Bonchev–Trinajstić information content (AvgIpc) is 1.46. The second-order valence-electron chi connectivity index (χ2n) is 0.100. The topological polar surface area (TPSA) is 107 Å². The lowest BCUT2D eigenvalue weighted by atomic mass is 11.8. The summed E-state index contributed by atoms with van der Waals surface area (Å²) in [6, 6.07) is 0. The highest BCUT2D eigenvalue weighted by atomic mass is 32.1.